The molecule has 4 heterocycles. The largest absolute Gasteiger partial charge is 0.340 e. The van der Waals surface area contributed by atoms with Gasteiger partial charge in [0.25, 0.3) is 0 Å². The lowest BCUT2D eigenvalue weighted by Gasteiger charge is -2.22. The van der Waals surface area contributed by atoms with E-state index < -0.39 is 6.17 Å². The Balaban J connectivity index is 1.36. The van der Waals surface area contributed by atoms with Crippen LogP contribution < -0.4 is 5.32 Å². The number of nitrogens with zero attached hydrogens (tertiary/aromatic N) is 6. The van der Waals surface area contributed by atoms with Gasteiger partial charge in [-0.15, -0.1) is 0 Å². The van der Waals surface area contributed by atoms with Gasteiger partial charge in [0.2, 0.25) is 5.89 Å². The number of aromatic nitrogens is 5. The van der Waals surface area contributed by atoms with Crippen molar-refractivity contribution in [3.05, 3.63) is 42.2 Å². The van der Waals surface area contributed by atoms with Gasteiger partial charge in [0.1, 0.15) is 6.17 Å². The summed E-state index contributed by atoms with van der Waals surface area (Å²) in [4.78, 5) is 14.7. The third kappa shape index (κ3) is 3.52. The van der Waals surface area contributed by atoms with Crippen molar-refractivity contribution >= 4 is 5.65 Å². The van der Waals surface area contributed by atoms with E-state index in [-0.39, 0.29) is 6.04 Å². The number of fused-ring (bicyclic) bond motifs is 1. The van der Waals surface area contributed by atoms with Crippen LogP contribution in [-0.2, 0) is 13.1 Å². The summed E-state index contributed by atoms with van der Waals surface area (Å²) in [7, 11) is 0. The van der Waals surface area contributed by atoms with Crippen molar-refractivity contribution in [3.8, 4) is 0 Å². The van der Waals surface area contributed by atoms with Crippen LogP contribution in [-0.4, -0.2) is 54.7 Å². The molecule has 1 N–H and O–H groups in total. The van der Waals surface area contributed by atoms with Crippen molar-refractivity contribution in [2.75, 3.05) is 13.1 Å². The van der Waals surface area contributed by atoms with E-state index in [2.05, 4.69) is 30.3 Å². The Hall–Kier alpha value is -2.39. The molecule has 0 amide bonds. The number of alkyl halides is 1. The molecule has 1 fully saturated rings. The highest BCUT2D eigenvalue weighted by Crippen LogP contribution is 2.21. The monoisotopic (exact) mass is 345 g/mol. The van der Waals surface area contributed by atoms with Crippen LogP contribution in [0.2, 0.25) is 0 Å². The molecular formula is C16H20FN7O. The molecule has 0 spiro atoms. The molecule has 25 heavy (non-hydrogen) atoms. The Kier molecular flexibility index (Phi) is 4.41. The fraction of sp³-hybridized carbons (Fsp3) is 0.500. The molecule has 0 bridgehead atoms. The lowest BCUT2D eigenvalue weighted by Crippen LogP contribution is -2.37. The fourth-order valence-corrected chi connectivity index (χ4v) is 3.31. The average Bonchev–Trinajstić information content (AvgIpc) is 3.28. The van der Waals surface area contributed by atoms with Gasteiger partial charge in [-0.3, -0.25) is 14.3 Å². The summed E-state index contributed by atoms with van der Waals surface area (Å²) in [5, 5.41) is 7.32. The zero-order valence-corrected chi connectivity index (χ0v) is 14.0. The molecule has 0 aromatic carbocycles. The first-order chi connectivity index (χ1) is 12.2. The number of aryl methyl sites for hydroxylation is 1. The van der Waals surface area contributed by atoms with Crippen LogP contribution in [0.4, 0.5) is 4.39 Å². The van der Waals surface area contributed by atoms with Gasteiger partial charge < -0.3 is 9.84 Å². The van der Waals surface area contributed by atoms with Crippen LogP contribution in [0.25, 0.3) is 5.65 Å². The Labute approximate surface area is 144 Å². The maximum absolute atomic E-state index is 13.9. The Morgan fingerprint density at radius 1 is 1.40 bits per heavy atom. The molecule has 8 nitrogen and oxygen atoms in total. The van der Waals surface area contributed by atoms with E-state index in [1.807, 2.05) is 16.8 Å². The smallest absolute Gasteiger partial charge is 0.223 e. The standard InChI is InChI=1S/C16H20FN7O/c1-11-21-15(22-25-11)10-23-9-12(17)4-13(23)5-19-6-14-7-20-16-8-18-2-3-24(14)16/h2-3,7-8,12-13,19H,4-6,9-10H2,1H3/t12-,13-/m0/s1. The first kappa shape index (κ1) is 16.1. The quantitative estimate of drug-likeness (QED) is 0.717. The van der Waals surface area contributed by atoms with Crippen LogP contribution in [0.15, 0.2) is 29.3 Å². The molecule has 0 saturated carbocycles. The molecule has 0 aliphatic carbocycles. The predicted octanol–water partition coefficient (Wildman–Crippen LogP) is 1.12. The molecule has 2 atom stereocenters. The maximum Gasteiger partial charge on any atom is 0.223 e. The van der Waals surface area contributed by atoms with E-state index in [1.54, 1.807) is 19.3 Å². The first-order valence-corrected chi connectivity index (χ1v) is 8.33. The number of likely N-dealkylation sites (tertiary alicyclic amines) is 1. The molecule has 9 heteroatoms. The number of hydrogen-bond acceptors (Lipinski definition) is 7. The minimum atomic E-state index is -0.818. The normalized spacial score (nSPS) is 21.4. The first-order valence-electron chi connectivity index (χ1n) is 8.33. The molecule has 3 aromatic rings. The molecule has 132 valence electrons. The van der Waals surface area contributed by atoms with Crippen LogP contribution in [0.3, 0.4) is 0 Å². The summed E-state index contributed by atoms with van der Waals surface area (Å²) in [6.07, 6.45) is 6.87. The highest BCUT2D eigenvalue weighted by molar-refractivity contribution is 5.36. The Morgan fingerprint density at radius 3 is 3.16 bits per heavy atom. The highest BCUT2D eigenvalue weighted by Gasteiger charge is 2.32. The van der Waals surface area contributed by atoms with Crippen molar-refractivity contribution in [2.24, 2.45) is 0 Å². The van der Waals surface area contributed by atoms with Gasteiger partial charge in [0, 0.05) is 45.0 Å². The number of hydrogen-bond donors (Lipinski definition) is 1. The lowest BCUT2D eigenvalue weighted by molar-refractivity contribution is 0.221. The van der Waals surface area contributed by atoms with Crippen LogP contribution in [0, 0.1) is 6.92 Å². The van der Waals surface area contributed by atoms with Gasteiger partial charge in [-0.2, -0.15) is 4.98 Å². The second-order valence-corrected chi connectivity index (χ2v) is 6.33. The van der Waals surface area contributed by atoms with E-state index in [4.69, 9.17) is 4.52 Å². The SMILES string of the molecule is Cc1nc(CN2C[C@@H](F)C[C@H]2CNCc2cnc3cnccn23)no1. The summed E-state index contributed by atoms with van der Waals surface area (Å²) in [6.45, 7) is 4.01. The van der Waals surface area contributed by atoms with Gasteiger partial charge in [-0.25, -0.2) is 9.37 Å². The third-order valence-corrected chi connectivity index (χ3v) is 4.47. The predicted molar refractivity (Wildman–Crippen MR) is 87.4 cm³/mol. The molecule has 0 radical (unpaired) electrons. The van der Waals surface area contributed by atoms with Crippen molar-refractivity contribution in [1.82, 2.24) is 34.7 Å². The summed E-state index contributed by atoms with van der Waals surface area (Å²) in [5.41, 5.74) is 1.87. The number of rotatable bonds is 6. The van der Waals surface area contributed by atoms with Gasteiger partial charge >= 0.3 is 0 Å². The molecule has 0 unspecified atom stereocenters. The third-order valence-electron chi connectivity index (χ3n) is 4.47. The number of imidazole rings is 1. The summed E-state index contributed by atoms with van der Waals surface area (Å²) >= 11 is 0. The Bertz CT molecular complexity index is 848. The Morgan fingerprint density at radius 2 is 2.32 bits per heavy atom. The van der Waals surface area contributed by atoms with Crippen LogP contribution in [0.5, 0.6) is 0 Å². The average molecular weight is 345 g/mol. The molecule has 1 saturated heterocycles. The second-order valence-electron chi connectivity index (χ2n) is 6.33. The molecule has 1 aliphatic rings. The highest BCUT2D eigenvalue weighted by atomic mass is 19.1. The fourth-order valence-electron chi connectivity index (χ4n) is 3.31. The van der Waals surface area contributed by atoms with Crippen molar-refractivity contribution in [2.45, 2.75) is 38.6 Å². The van der Waals surface area contributed by atoms with Crippen molar-refractivity contribution < 1.29 is 8.91 Å². The number of nitrogens with one attached hydrogen (secondary N) is 1. The van der Waals surface area contributed by atoms with E-state index in [0.29, 0.717) is 44.3 Å². The van der Waals surface area contributed by atoms with Crippen molar-refractivity contribution in [3.63, 3.8) is 0 Å². The summed E-state index contributed by atoms with van der Waals surface area (Å²) in [5.74, 6) is 1.13. The van der Waals surface area contributed by atoms with Gasteiger partial charge in [-0.1, -0.05) is 5.16 Å². The minimum Gasteiger partial charge on any atom is -0.340 e. The van der Waals surface area contributed by atoms with Crippen LogP contribution in [0.1, 0.15) is 23.8 Å². The molecule has 3 aromatic heterocycles. The topological polar surface area (TPSA) is 84.4 Å². The lowest BCUT2D eigenvalue weighted by atomic mass is 10.2. The second kappa shape index (κ2) is 6.85. The van der Waals surface area contributed by atoms with Gasteiger partial charge in [-0.05, 0) is 6.42 Å². The maximum atomic E-state index is 13.9. The molecule has 4 rings (SSSR count). The number of halogens is 1. The molecule has 1 aliphatic heterocycles. The van der Waals surface area contributed by atoms with Gasteiger partial charge in [0.05, 0.1) is 24.6 Å². The molecular weight excluding hydrogens is 325 g/mol. The van der Waals surface area contributed by atoms with Gasteiger partial charge in [0.15, 0.2) is 11.5 Å². The van der Waals surface area contributed by atoms with E-state index in [0.717, 1.165) is 11.3 Å². The van der Waals surface area contributed by atoms with E-state index in [1.165, 1.54) is 0 Å². The van der Waals surface area contributed by atoms with Crippen LogP contribution >= 0.6 is 0 Å². The summed E-state index contributed by atoms with van der Waals surface area (Å²) in [6, 6.07) is 0.106. The zero-order chi connectivity index (χ0) is 17.2. The van der Waals surface area contributed by atoms with E-state index in [9.17, 15) is 4.39 Å². The summed E-state index contributed by atoms with van der Waals surface area (Å²) < 4.78 is 20.9. The van der Waals surface area contributed by atoms with E-state index >= 15 is 0 Å². The minimum absolute atomic E-state index is 0.106. The van der Waals surface area contributed by atoms with Crippen molar-refractivity contribution in [1.29, 1.82) is 0 Å². The zero-order valence-electron chi connectivity index (χ0n) is 14.0.